The Morgan fingerprint density at radius 1 is 0.810 bits per heavy atom. The third-order valence-corrected chi connectivity index (χ3v) is 8.36. The van der Waals surface area contributed by atoms with Crippen molar-refractivity contribution in [1.29, 1.82) is 0 Å². The fourth-order valence-electron chi connectivity index (χ4n) is 5.62. The van der Waals surface area contributed by atoms with Crippen LogP contribution >= 0.6 is 0 Å². The van der Waals surface area contributed by atoms with Crippen LogP contribution in [0.3, 0.4) is 0 Å². The highest BCUT2D eigenvalue weighted by Crippen LogP contribution is 2.25. The molecule has 0 aliphatic carbocycles. The zero-order valence-corrected chi connectivity index (χ0v) is 25.5. The third kappa shape index (κ3) is 8.35. The zero-order chi connectivity index (χ0) is 29.9. The summed E-state index contributed by atoms with van der Waals surface area (Å²) in [5.74, 6) is 1.82. The number of likely N-dealkylation sites (tertiary alicyclic amines) is 1. The molecule has 4 rings (SSSR count). The maximum absolute atomic E-state index is 13.7. The minimum absolute atomic E-state index is 0.0327. The Hall–Kier alpha value is -3.84. The van der Waals surface area contributed by atoms with Crippen LogP contribution < -0.4 is 14.8 Å². The van der Waals surface area contributed by atoms with Gasteiger partial charge in [0.1, 0.15) is 11.5 Å². The molecule has 1 saturated heterocycles. The van der Waals surface area contributed by atoms with Crippen LogP contribution in [0.1, 0.15) is 66.6 Å². The van der Waals surface area contributed by atoms with Gasteiger partial charge in [-0.3, -0.25) is 14.5 Å². The van der Waals surface area contributed by atoms with Crippen molar-refractivity contribution >= 4 is 11.8 Å². The molecule has 7 heteroatoms. The first-order valence-electron chi connectivity index (χ1n) is 15.1. The van der Waals surface area contributed by atoms with Crippen molar-refractivity contribution in [1.82, 2.24) is 15.1 Å². The van der Waals surface area contributed by atoms with E-state index in [2.05, 4.69) is 41.1 Å². The molecule has 42 heavy (non-hydrogen) atoms. The quantitative estimate of drug-likeness (QED) is 0.270. The van der Waals surface area contributed by atoms with E-state index in [1.54, 1.807) is 14.2 Å². The van der Waals surface area contributed by atoms with Crippen molar-refractivity contribution in [2.75, 3.05) is 27.3 Å². The van der Waals surface area contributed by atoms with Crippen molar-refractivity contribution in [2.45, 2.75) is 65.2 Å². The molecule has 1 aliphatic rings. The number of nitrogens with zero attached hydrogens (tertiary/aromatic N) is 2. The van der Waals surface area contributed by atoms with E-state index in [1.807, 2.05) is 60.7 Å². The van der Waals surface area contributed by atoms with E-state index in [0.717, 1.165) is 67.9 Å². The lowest BCUT2D eigenvalue weighted by molar-refractivity contribution is -0.140. The number of amides is 2. The fraction of sp³-hybridized carbons (Fsp3) is 0.429. The standard InChI is InChI=1S/C35H45N3O4/c1-5-29(6-2)35(40)38(31-19-21-37(22-20-31)24-27-11-17-33(42-4)18-12-27)25-28-7-13-30(14-8-28)34(39)36-23-26-9-15-32(41-3)16-10-26/h7-18,29,31H,5-6,19-25H2,1-4H3,(H,36,39). The van der Waals surface area contributed by atoms with E-state index in [0.29, 0.717) is 18.7 Å². The van der Waals surface area contributed by atoms with Crippen molar-refractivity contribution in [3.8, 4) is 11.5 Å². The molecule has 1 heterocycles. The van der Waals surface area contributed by atoms with Crippen LogP contribution in [0.5, 0.6) is 11.5 Å². The molecule has 2 amide bonds. The summed E-state index contributed by atoms with van der Waals surface area (Å²) in [4.78, 5) is 31.1. The molecule has 0 atom stereocenters. The Bertz CT molecular complexity index is 1260. The molecule has 0 aromatic heterocycles. The van der Waals surface area contributed by atoms with Gasteiger partial charge in [0.2, 0.25) is 5.91 Å². The van der Waals surface area contributed by atoms with Gasteiger partial charge in [0.25, 0.3) is 5.91 Å². The predicted molar refractivity (Wildman–Crippen MR) is 167 cm³/mol. The summed E-state index contributed by atoms with van der Waals surface area (Å²) < 4.78 is 10.5. The minimum atomic E-state index is -0.119. The first kappa shape index (κ1) is 31.1. The van der Waals surface area contributed by atoms with Crippen LogP contribution in [-0.4, -0.2) is 55.0 Å². The summed E-state index contributed by atoms with van der Waals surface area (Å²) in [6, 6.07) is 23.8. The van der Waals surface area contributed by atoms with Crippen molar-refractivity contribution < 1.29 is 19.1 Å². The molecule has 0 radical (unpaired) electrons. The number of piperidine rings is 1. The highest BCUT2D eigenvalue weighted by Gasteiger charge is 2.31. The van der Waals surface area contributed by atoms with E-state index in [1.165, 1.54) is 5.56 Å². The Morgan fingerprint density at radius 2 is 1.33 bits per heavy atom. The lowest BCUT2D eigenvalue weighted by atomic mass is 9.96. The number of carbonyl (C=O) groups excluding carboxylic acids is 2. The molecule has 0 bridgehead atoms. The van der Waals surface area contributed by atoms with Gasteiger partial charge in [-0.2, -0.15) is 0 Å². The third-order valence-electron chi connectivity index (χ3n) is 8.36. The second-order valence-corrected chi connectivity index (χ2v) is 11.1. The van der Waals surface area contributed by atoms with E-state index in [-0.39, 0.29) is 23.8 Å². The number of hydrogen-bond acceptors (Lipinski definition) is 5. The lowest BCUT2D eigenvalue weighted by Crippen LogP contribution is -2.48. The lowest BCUT2D eigenvalue weighted by Gasteiger charge is -2.40. The summed E-state index contributed by atoms with van der Waals surface area (Å²) in [5, 5.41) is 2.98. The second kappa shape index (κ2) is 15.4. The Kier molecular flexibility index (Phi) is 11.4. The number of carbonyl (C=O) groups is 2. The second-order valence-electron chi connectivity index (χ2n) is 11.1. The largest absolute Gasteiger partial charge is 0.497 e. The van der Waals surface area contributed by atoms with Crippen LogP contribution in [0.4, 0.5) is 0 Å². The molecule has 0 unspecified atom stereocenters. The highest BCUT2D eigenvalue weighted by atomic mass is 16.5. The molecule has 224 valence electrons. The van der Waals surface area contributed by atoms with Gasteiger partial charge in [0, 0.05) is 50.2 Å². The number of rotatable bonds is 13. The molecule has 3 aromatic carbocycles. The predicted octanol–water partition coefficient (Wildman–Crippen LogP) is 6.06. The van der Waals surface area contributed by atoms with Crippen LogP contribution in [0.2, 0.25) is 0 Å². The summed E-state index contributed by atoms with van der Waals surface area (Å²) in [6.45, 7) is 8.01. The molecule has 3 aromatic rings. The molecular formula is C35H45N3O4. The Morgan fingerprint density at radius 3 is 1.86 bits per heavy atom. The first-order valence-corrected chi connectivity index (χ1v) is 15.1. The average molecular weight is 572 g/mol. The molecule has 0 saturated carbocycles. The number of benzene rings is 3. The summed E-state index contributed by atoms with van der Waals surface area (Å²) in [5.41, 5.74) is 3.93. The first-order chi connectivity index (χ1) is 20.4. The Labute approximate surface area is 250 Å². The maximum atomic E-state index is 13.7. The van der Waals surface area contributed by atoms with E-state index in [4.69, 9.17) is 9.47 Å². The number of hydrogen-bond donors (Lipinski definition) is 1. The van der Waals surface area contributed by atoms with Gasteiger partial charge in [-0.15, -0.1) is 0 Å². The van der Waals surface area contributed by atoms with E-state index >= 15 is 0 Å². The van der Waals surface area contributed by atoms with Gasteiger partial charge in [0.05, 0.1) is 14.2 Å². The van der Waals surface area contributed by atoms with Crippen LogP contribution in [0.25, 0.3) is 0 Å². The van der Waals surface area contributed by atoms with Gasteiger partial charge >= 0.3 is 0 Å². The summed E-state index contributed by atoms with van der Waals surface area (Å²) >= 11 is 0. The van der Waals surface area contributed by atoms with Crippen LogP contribution in [0.15, 0.2) is 72.8 Å². The fourth-order valence-corrected chi connectivity index (χ4v) is 5.62. The molecule has 1 aliphatic heterocycles. The maximum Gasteiger partial charge on any atom is 0.251 e. The van der Waals surface area contributed by atoms with Gasteiger partial charge in [-0.05, 0) is 78.8 Å². The SMILES string of the molecule is CCC(CC)C(=O)N(Cc1ccc(C(=O)NCc2ccc(OC)cc2)cc1)C1CCN(Cc2ccc(OC)cc2)CC1. The van der Waals surface area contributed by atoms with E-state index in [9.17, 15) is 9.59 Å². The zero-order valence-electron chi connectivity index (χ0n) is 25.5. The average Bonchev–Trinajstić information content (AvgIpc) is 3.04. The highest BCUT2D eigenvalue weighted by molar-refractivity contribution is 5.94. The molecule has 1 fully saturated rings. The minimum Gasteiger partial charge on any atom is -0.497 e. The molecular weight excluding hydrogens is 526 g/mol. The number of methoxy groups -OCH3 is 2. The molecule has 0 spiro atoms. The topological polar surface area (TPSA) is 71.1 Å². The van der Waals surface area contributed by atoms with E-state index < -0.39 is 0 Å². The Balaban J connectivity index is 1.36. The van der Waals surface area contributed by atoms with Gasteiger partial charge in [-0.1, -0.05) is 50.2 Å². The van der Waals surface area contributed by atoms with Crippen molar-refractivity contribution in [3.05, 3.63) is 95.1 Å². The van der Waals surface area contributed by atoms with Gasteiger partial charge in [-0.25, -0.2) is 0 Å². The van der Waals surface area contributed by atoms with Crippen LogP contribution in [0, 0.1) is 5.92 Å². The van der Waals surface area contributed by atoms with Gasteiger partial charge < -0.3 is 19.7 Å². The van der Waals surface area contributed by atoms with Crippen molar-refractivity contribution in [3.63, 3.8) is 0 Å². The summed E-state index contributed by atoms with van der Waals surface area (Å²) in [6.07, 6.45) is 3.59. The smallest absolute Gasteiger partial charge is 0.251 e. The van der Waals surface area contributed by atoms with Gasteiger partial charge in [0.15, 0.2) is 0 Å². The van der Waals surface area contributed by atoms with Crippen molar-refractivity contribution in [2.24, 2.45) is 5.92 Å². The normalized spacial score (nSPS) is 14.0. The monoisotopic (exact) mass is 571 g/mol. The van der Waals surface area contributed by atoms with Crippen LogP contribution in [-0.2, 0) is 24.4 Å². The number of nitrogens with one attached hydrogen (secondary N) is 1. The molecule has 7 nitrogen and oxygen atoms in total. The molecule has 1 N–H and O–H groups in total. The number of ether oxygens (including phenoxy) is 2. The summed E-state index contributed by atoms with van der Waals surface area (Å²) in [7, 11) is 3.32.